The van der Waals surface area contributed by atoms with Gasteiger partial charge in [0.05, 0.1) is 11.3 Å². The molecule has 3 N–H and O–H groups in total. The summed E-state index contributed by atoms with van der Waals surface area (Å²) < 4.78 is 31.3. The fourth-order valence-electron chi connectivity index (χ4n) is 1.81. The first-order valence-corrected chi connectivity index (χ1v) is 9.13. The number of sulfonamides is 1. The third-order valence-electron chi connectivity index (χ3n) is 2.96. The Balaban J connectivity index is 2.80. The quantitative estimate of drug-likeness (QED) is 0.667. The van der Waals surface area contributed by atoms with E-state index >= 15 is 0 Å². The fourth-order valence-corrected chi connectivity index (χ4v) is 3.00. The number of benzene rings is 1. The number of carbonyl (C=O) groups is 3. The van der Waals surface area contributed by atoms with E-state index in [0.717, 1.165) is 5.56 Å². The van der Waals surface area contributed by atoms with Crippen molar-refractivity contribution in [2.24, 2.45) is 0 Å². The lowest BCUT2D eigenvalue weighted by Crippen LogP contribution is -2.45. The summed E-state index contributed by atoms with van der Waals surface area (Å²) in [5.41, 5.74) is -0.0145. The Morgan fingerprint density at radius 2 is 1.69 bits per heavy atom. The number of carboxylic acids is 1. The van der Waals surface area contributed by atoms with E-state index in [1.54, 1.807) is 39.8 Å². The number of ether oxygens (including phenoxy) is 1. The van der Waals surface area contributed by atoms with E-state index in [1.807, 2.05) is 10.0 Å². The van der Waals surface area contributed by atoms with Crippen molar-refractivity contribution in [1.29, 1.82) is 0 Å². The van der Waals surface area contributed by atoms with Crippen LogP contribution >= 0.6 is 0 Å². The smallest absolute Gasteiger partial charge is 0.414 e. The third-order valence-corrected chi connectivity index (χ3v) is 4.44. The third kappa shape index (κ3) is 7.19. The number of alkyl carbamates (subject to hydrolysis) is 1. The number of hydrogen-bond acceptors (Lipinski definition) is 6. The molecule has 0 aliphatic heterocycles. The number of carboxylic acid groups (broad SMARTS) is 1. The standard InChI is InChI=1S/C16H22N2O7S/c1-10-5-7-11(8-6-10)26(23,24)18-12(14(20)21)9-13(19)17-15(22)25-16(2,3)4/h5-8,12,18H,9H2,1-4H3,(H,20,21)(H,17,19,22)/t12-/m0/s1. The van der Waals surface area contributed by atoms with Gasteiger partial charge in [-0.1, -0.05) is 17.7 Å². The molecule has 1 aromatic carbocycles. The molecule has 10 heteroatoms. The predicted octanol–water partition coefficient (Wildman–Crippen LogP) is 1.17. The molecule has 1 atom stereocenters. The van der Waals surface area contributed by atoms with Gasteiger partial charge in [0, 0.05) is 0 Å². The number of carbonyl (C=O) groups excluding carboxylic acids is 2. The summed E-state index contributed by atoms with van der Waals surface area (Å²) in [4.78, 5) is 34.5. The molecule has 0 heterocycles. The average molecular weight is 386 g/mol. The van der Waals surface area contributed by atoms with Crippen LogP contribution in [0.2, 0.25) is 0 Å². The van der Waals surface area contributed by atoms with Gasteiger partial charge in [0.15, 0.2) is 0 Å². The van der Waals surface area contributed by atoms with Gasteiger partial charge in [-0.25, -0.2) is 13.2 Å². The topological polar surface area (TPSA) is 139 Å². The lowest BCUT2D eigenvalue weighted by Gasteiger charge is -2.20. The lowest BCUT2D eigenvalue weighted by atomic mass is 10.2. The zero-order valence-corrected chi connectivity index (χ0v) is 15.7. The molecule has 0 saturated carbocycles. The Morgan fingerprint density at radius 3 is 2.15 bits per heavy atom. The minimum atomic E-state index is -4.15. The van der Waals surface area contributed by atoms with Gasteiger partial charge >= 0.3 is 12.1 Å². The van der Waals surface area contributed by atoms with Gasteiger partial charge in [-0.3, -0.25) is 14.9 Å². The molecule has 0 unspecified atom stereocenters. The summed E-state index contributed by atoms with van der Waals surface area (Å²) in [6.07, 6.45) is -1.83. The summed E-state index contributed by atoms with van der Waals surface area (Å²) in [6, 6.07) is 4.00. The van der Waals surface area contributed by atoms with E-state index in [0.29, 0.717) is 0 Å². The van der Waals surface area contributed by atoms with E-state index in [-0.39, 0.29) is 4.90 Å². The molecule has 0 fully saturated rings. The molecule has 1 aromatic rings. The van der Waals surface area contributed by atoms with Crippen LogP contribution in [0.4, 0.5) is 4.79 Å². The first-order chi connectivity index (χ1) is 11.8. The summed E-state index contributed by atoms with van der Waals surface area (Å²) >= 11 is 0. The predicted molar refractivity (Wildman–Crippen MR) is 91.9 cm³/mol. The van der Waals surface area contributed by atoms with Gasteiger partial charge in [-0.05, 0) is 39.8 Å². The zero-order valence-electron chi connectivity index (χ0n) is 14.9. The summed E-state index contributed by atoms with van der Waals surface area (Å²) in [5.74, 6) is -2.54. The molecule has 144 valence electrons. The van der Waals surface area contributed by atoms with Crippen LogP contribution in [-0.2, 0) is 24.3 Å². The molecule has 2 amide bonds. The van der Waals surface area contributed by atoms with Crippen LogP contribution < -0.4 is 10.0 Å². The number of rotatable bonds is 6. The van der Waals surface area contributed by atoms with Gasteiger partial charge in [-0.15, -0.1) is 0 Å². The zero-order chi connectivity index (χ0) is 20.1. The largest absolute Gasteiger partial charge is 0.480 e. The highest BCUT2D eigenvalue weighted by Gasteiger charge is 2.29. The van der Waals surface area contributed by atoms with Crippen molar-refractivity contribution >= 4 is 28.0 Å². The molecule has 0 spiro atoms. The molecular weight excluding hydrogens is 364 g/mol. The minimum absolute atomic E-state index is 0.137. The van der Waals surface area contributed by atoms with E-state index in [2.05, 4.69) is 0 Å². The average Bonchev–Trinajstić information content (AvgIpc) is 2.44. The molecular formula is C16H22N2O7S. The summed E-state index contributed by atoms with van der Waals surface area (Å²) in [6.45, 7) is 6.54. The van der Waals surface area contributed by atoms with Gasteiger partial charge in [0.1, 0.15) is 11.6 Å². The van der Waals surface area contributed by atoms with Crippen molar-refractivity contribution in [1.82, 2.24) is 10.0 Å². The van der Waals surface area contributed by atoms with Crippen molar-refractivity contribution < 1.29 is 32.6 Å². The highest BCUT2D eigenvalue weighted by molar-refractivity contribution is 7.89. The van der Waals surface area contributed by atoms with E-state index in [9.17, 15) is 27.9 Å². The molecule has 0 aliphatic rings. The number of amides is 2. The molecule has 0 radical (unpaired) electrons. The number of aryl methyl sites for hydroxylation is 1. The number of aliphatic carboxylic acids is 1. The minimum Gasteiger partial charge on any atom is -0.480 e. The molecule has 0 aliphatic carbocycles. The monoisotopic (exact) mass is 386 g/mol. The fraction of sp³-hybridized carbons (Fsp3) is 0.438. The summed E-state index contributed by atoms with van der Waals surface area (Å²) in [7, 11) is -4.15. The first-order valence-electron chi connectivity index (χ1n) is 7.65. The van der Waals surface area contributed by atoms with Crippen molar-refractivity contribution in [3.05, 3.63) is 29.8 Å². The highest BCUT2D eigenvalue weighted by Crippen LogP contribution is 2.12. The van der Waals surface area contributed by atoms with Gasteiger partial charge < -0.3 is 9.84 Å². The van der Waals surface area contributed by atoms with E-state index < -0.39 is 46.1 Å². The van der Waals surface area contributed by atoms with Crippen molar-refractivity contribution in [2.75, 3.05) is 0 Å². The maximum Gasteiger partial charge on any atom is 0.414 e. The van der Waals surface area contributed by atoms with Crippen LogP contribution in [0.3, 0.4) is 0 Å². The summed E-state index contributed by atoms with van der Waals surface area (Å²) in [5, 5.41) is 11.0. The Hall–Kier alpha value is -2.46. The van der Waals surface area contributed by atoms with Crippen LogP contribution in [-0.4, -0.2) is 43.1 Å². The van der Waals surface area contributed by atoms with Crippen LogP contribution in [0.25, 0.3) is 0 Å². The number of nitrogens with one attached hydrogen (secondary N) is 2. The van der Waals surface area contributed by atoms with Crippen molar-refractivity contribution in [3.8, 4) is 0 Å². The van der Waals surface area contributed by atoms with Crippen molar-refractivity contribution in [3.63, 3.8) is 0 Å². The second-order valence-electron chi connectivity index (χ2n) is 6.58. The molecule has 0 aromatic heterocycles. The number of imide groups is 1. The van der Waals surface area contributed by atoms with Crippen LogP contribution in [0.15, 0.2) is 29.2 Å². The second kappa shape index (κ2) is 8.28. The molecule has 0 saturated heterocycles. The van der Waals surface area contributed by atoms with E-state index in [4.69, 9.17) is 4.74 Å². The van der Waals surface area contributed by atoms with Crippen LogP contribution in [0, 0.1) is 6.92 Å². The van der Waals surface area contributed by atoms with E-state index in [1.165, 1.54) is 12.1 Å². The van der Waals surface area contributed by atoms with Crippen molar-refractivity contribution in [2.45, 2.75) is 50.7 Å². The maximum atomic E-state index is 12.3. The highest BCUT2D eigenvalue weighted by atomic mass is 32.2. The Labute approximate surface area is 151 Å². The molecule has 26 heavy (non-hydrogen) atoms. The lowest BCUT2D eigenvalue weighted by molar-refractivity contribution is -0.141. The maximum absolute atomic E-state index is 12.3. The SMILES string of the molecule is Cc1ccc(S(=O)(=O)N[C@@H](CC(=O)NC(=O)OC(C)(C)C)C(=O)O)cc1. The molecule has 0 bridgehead atoms. The molecule has 1 rings (SSSR count). The van der Waals surface area contributed by atoms with Gasteiger partial charge in [0.2, 0.25) is 15.9 Å². The molecule has 9 nitrogen and oxygen atoms in total. The van der Waals surface area contributed by atoms with Gasteiger partial charge in [0.25, 0.3) is 0 Å². The van der Waals surface area contributed by atoms with Gasteiger partial charge in [-0.2, -0.15) is 4.72 Å². The normalized spacial score (nSPS) is 12.9. The Kier molecular flexibility index (Phi) is 6.87. The van der Waals surface area contributed by atoms with Crippen LogP contribution in [0.5, 0.6) is 0 Å². The second-order valence-corrected chi connectivity index (χ2v) is 8.29. The van der Waals surface area contributed by atoms with Crippen LogP contribution in [0.1, 0.15) is 32.8 Å². The Bertz CT molecular complexity index is 780. The first kappa shape index (κ1) is 21.6. The number of hydrogen-bond donors (Lipinski definition) is 3. The Morgan fingerprint density at radius 1 is 1.15 bits per heavy atom.